The predicted octanol–water partition coefficient (Wildman–Crippen LogP) is 12.5. The number of hydrogen-bond donors (Lipinski definition) is 6. The number of nitrogens with zero attached hydrogens (tertiary/aromatic N) is 7. The number of amides is 8. The highest BCUT2D eigenvalue weighted by molar-refractivity contribution is 7.10. The van der Waals surface area contributed by atoms with Crippen molar-refractivity contribution in [1.82, 2.24) is 66.5 Å². The Morgan fingerprint density at radius 2 is 0.990 bits per heavy atom. The first kappa shape index (κ1) is 75.2. The molecule has 0 saturated heterocycles. The Hall–Kier alpha value is -8.62. The minimum absolute atomic E-state index is 0.0437. The van der Waals surface area contributed by atoms with Gasteiger partial charge in [-0.2, -0.15) is 0 Å². The van der Waals surface area contributed by atoms with Crippen molar-refractivity contribution in [2.75, 3.05) is 34.7 Å². The van der Waals surface area contributed by atoms with E-state index in [0.29, 0.717) is 51.4 Å². The molecule has 8 aromatic rings. The van der Waals surface area contributed by atoms with Crippen LogP contribution in [0.3, 0.4) is 0 Å². The van der Waals surface area contributed by atoms with E-state index in [0.717, 1.165) is 64.5 Å². The number of carbonyl (C=O) groups is 6. The fourth-order valence-corrected chi connectivity index (χ4v) is 13.7. The molecular weight excluding hydrogens is 1320 g/mol. The Morgan fingerprint density at radius 3 is 1.48 bits per heavy atom. The van der Waals surface area contributed by atoms with Crippen molar-refractivity contribution in [2.24, 2.45) is 0 Å². The molecule has 0 bridgehead atoms. The second-order valence-electron chi connectivity index (χ2n) is 26.1. The van der Waals surface area contributed by atoms with Crippen LogP contribution in [0.1, 0.15) is 132 Å². The highest BCUT2D eigenvalue weighted by Gasteiger charge is 2.34. The third-order valence-electron chi connectivity index (χ3n) is 16.3. The zero-order chi connectivity index (χ0) is 70.1. The van der Waals surface area contributed by atoms with Crippen LogP contribution in [0.2, 0.25) is 0 Å². The molecule has 0 radical (unpaired) electrons. The summed E-state index contributed by atoms with van der Waals surface area (Å²) < 4.78 is 11.4. The van der Waals surface area contributed by atoms with Crippen LogP contribution in [0.15, 0.2) is 143 Å². The highest BCUT2D eigenvalue weighted by atomic mass is 32.1. The maximum Gasteiger partial charge on any atom is 0.407 e. The number of urea groups is 2. The molecule has 0 aliphatic carbocycles. The standard InChI is InChI=1S/C73H93N13O8S4/c1-48(2)66-77-59(44-95-66)39-85(9)69(89)82-64(41-84(7)8)65(87)76-55(33-50-20-13-11-14-21-50)28-29-57(81-72(92)94-43-62-38-75-47-98-62)35-52-24-19-26-53(32-52)63-27-18-17-25-54(63)36-58(79-68(88)73(5,6)83-70(90)86(10)40-60-45-96-67(78-60)49(3)4)31-30-56(34-51-22-15-12-16-23-51)80-71(91)93-42-61-37-74-46-97-61/h11-27,32,37-38,44-49,55-58,64H,28-31,33-36,39-43H2,1-10H3,(H,76,87)(H,79,88)(H,80,91)(H,81,92)(H,82,89)(H,83,90). The molecule has 0 fully saturated rings. The first-order valence-corrected chi connectivity index (χ1v) is 36.6. The zero-order valence-corrected chi connectivity index (χ0v) is 60.9. The second-order valence-corrected chi connectivity index (χ2v) is 29.9. The molecule has 25 heteroatoms. The summed E-state index contributed by atoms with van der Waals surface area (Å²) in [7, 11) is 7.07. The summed E-state index contributed by atoms with van der Waals surface area (Å²) in [6, 6.07) is 32.5. The van der Waals surface area contributed by atoms with Crippen molar-refractivity contribution in [3.8, 4) is 11.1 Å². The summed E-state index contributed by atoms with van der Waals surface area (Å²) in [4.78, 5) is 109. The van der Waals surface area contributed by atoms with Gasteiger partial charge in [0.25, 0.3) is 0 Å². The van der Waals surface area contributed by atoms with E-state index in [1.807, 2.05) is 127 Å². The lowest BCUT2D eigenvalue weighted by molar-refractivity contribution is -0.127. The van der Waals surface area contributed by atoms with E-state index in [1.165, 1.54) is 32.5 Å². The first-order valence-electron chi connectivity index (χ1n) is 33.1. The Morgan fingerprint density at radius 1 is 0.520 bits per heavy atom. The molecule has 8 rings (SSSR count). The lowest BCUT2D eigenvalue weighted by atomic mass is 9.90. The summed E-state index contributed by atoms with van der Waals surface area (Å²) in [5.74, 6) is -0.216. The Labute approximate surface area is 592 Å². The maximum atomic E-state index is 14.8. The quantitative estimate of drug-likeness (QED) is 0.0216. The lowest BCUT2D eigenvalue weighted by Gasteiger charge is -2.31. The first-order chi connectivity index (χ1) is 47.0. The van der Waals surface area contributed by atoms with Gasteiger partial charge in [0, 0.05) is 79.8 Å². The molecule has 0 aliphatic rings. The molecule has 4 heterocycles. The molecule has 5 atom stereocenters. The van der Waals surface area contributed by atoms with Crippen LogP contribution < -0.4 is 31.9 Å². The zero-order valence-electron chi connectivity index (χ0n) is 57.6. The molecule has 0 spiro atoms. The Balaban J connectivity index is 1.03. The van der Waals surface area contributed by atoms with Gasteiger partial charge in [0.05, 0.1) is 55.3 Å². The molecule has 98 heavy (non-hydrogen) atoms. The molecule has 21 nitrogen and oxygen atoms in total. The summed E-state index contributed by atoms with van der Waals surface area (Å²) >= 11 is 5.90. The fraction of sp³-hybridized carbons (Fsp3) is 0.425. The molecule has 4 aromatic carbocycles. The molecule has 0 aliphatic heterocycles. The van der Waals surface area contributed by atoms with Gasteiger partial charge < -0.3 is 56.1 Å². The molecule has 6 N–H and O–H groups in total. The van der Waals surface area contributed by atoms with E-state index in [2.05, 4.69) is 81.7 Å². The number of thiazole rings is 4. The summed E-state index contributed by atoms with van der Waals surface area (Å²) in [6.45, 7) is 12.6. The van der Waals surface area contributed by atoms with E-state index >= 15 is 0 Å². The normalized spacial score (nSPS) is 13.0. The van der Waals surface area contributed by atoms with Crippen molar-refractivity contribution in [1.29, 1.82) is 0 Å². The molecular formula is C73H93N13O8S4. The second kappa shape index (κ2) is 37.4. The van der Waals surface area contributed by atoms with Crippen LogP contribution in [0.5, 0.6) is 0 Å². The maximum absolute atomic E-state index is 14.8. The minimum Gasteiger partial charge on any atom is -0.444 e. The van der Waals surface area contributed by atoms with E-state index in [4.69, 9.17) is 19.4 Å². The van der Waals surface area contributed by atoms with Crippen LogP contribution >= 0.6 is 45.3 Å². The van der Waals surface area contributed by atoms with Gasteiger partial charge in [0.2, 0.25) is 11.8 Å². The van der Waals surface area contributed by atoms with Crippen molar-refractivity contribution in [3.63, 3.8) is 0 Å². The number of ether oxygens (including phenoxy) is 2. The molecule has 5 unspecified atom stereocenters. The number of rotatable bonds is 35. The van der Waals surface area contributed by atoms with E-state index in [1.54, 1.807) is 74.0 Å². The van der Waals surface area contributed by atoms with Gasteiger partial charge in [0.1, 0.15) is 24.8 Å². The molecule has 4 aromatic heterocycles. The van der Waals surface area contributed by atoms with Gasteiger partial charge >= 0.3 is 24.2 Å². The van der Waals surface area contributed by atoms with Crippen molar-refractivity contribution >= 4 is 81.4 Å². The smallest absolute Gasteiger partial charge is 0.407 e. The van der Waals surface area contributed by atoms with Gasteiger partial charge in [-0.25, -0.2) is 29.1 Å². The topological polar surface area (TPSA) is 254 Å². The third kappa shape index (κ3) is 24.4. The van der Waals surface area contributed by atoms with Gasteiger partial charge in [-0.05, 0) is 113 Å². The van der Waals surface area contributed by atoms with Crippen LogP contribution in [-0.2, 0) is 71.0 Å². The monoisotopic (exact) mass is 1410 g/mol. The van der Waals surface area contributed by atoms with Gasteiger partial charge in [-0.15, -0.1) is 45.3 Å². The van der Waals surface area contributed by atoms with E-state index in [-0.39, 0.29) is 50.6 Å². The number of hydrogen-bond acceptors (Lipinski definition) is 17. The van der Waals surface area contributed by atoms with Crippen molar-refractivity contribution in [2.45, 2.75) is 167 Å². The minimum atomic E-state index is -1.36. The number of nitrogens with one attached hydrogen (secondary N) is 6. The van der Waals surface area contributed by atoms with Crippen LogP contribution in [0.25, 0.3) is 11.1 Å². The van der Waals surface area contributed by atoms with Crippen molar-refractivity contribution in [3.05, 3.63) is 197 Å². The summed E-state index contributed by atoms with van der Waals surface area (Å²) in [6.07, 6.45) is 5.65. The van der Waals surface area contributed by atoms with Gasteiger partial charge in [0.15, 0.2) is 0 Å². The summed E-state index contributed by atoms with van der Waals surface area (Å²) in [5.41, 5.74) is 9.25. The number of alkyl carbamates (subject to hydrolysis) is 2. The number of likely N-dealkylation sites (N-methyl/N-ethyl adjacent to an activating group) is 1. The van der Waals surface area contributed by atoms with Crippen molar-refractivity contribution < 1.29 is 38.2 Å². The Kier molecular flexibility index (Phi) is 28.7. The fourth-order valence-electron chi connectivity index (χ4n) is 11.1. The predicted molar refractivity (Wildman–Crippen MR) is 389 cm³/mol. The molecule has 0 saturated carbocycles. The Bertz CT molecular complexity index is 3790. The average molecular weight is 1410 g/mol. The largest absolute Gasteiger partial charge is 0.444 e. The van der Waals surface area contributed by atoms with Gasteiger partial charge in [-0.3, -0.25) is 19.6 Å². The summed E-state index contributed by atoms with van der Waals surface area (Å²) in [5, 5.41) is 24.8. The number of aromatic nitrogens is 4. The molecule has 522 valence electrons. The highest BCUT2D eigenvalue weighted by Crippen LogP contribution is 2.29. The van der Waals surface area contributed by atoms with E-state index in [9.17, 15) is 28.8 Å². The number of benzene rings is 4. The average Bonchev–Trinajstić information content (AvgIpc) is 1.15. The van der Waals surface area contributed by atoms with E-state index < -0.39 is 65.9 Å². The van der Waals surface area contributed by atoms with Crippen LogP contribution in [0, 0.1) is 0 Å². The third-order valence-corrected chi connectivity index (χ3v) is 20.2. The van der Waals surface area contributed by atoms with Crippen LogP contribution in [0.4, 0.5) is 19.2 Å². The SMILES string of the molecule is CC(C)c1nc(CN(C)C(=O)NC(CN(C)C)C(=O)NC(CCC(Cc2cccc(-c3ccccc3CC(CCC(Cc3ccccc3)NC(=O)OCc3cncs3)NC(=O)C(C)(C)NC(=O)N(C)Cc3csc(C(C)C)n3)c2)NC(=O)OCc2cncs2)Cc2ccccc2)cs1. The van der Waals surface area contributed by atoms with Crippen LogP contribution in [-0.4, -0.2) is 141 Å². The lowest BCUT2D eigenvalue weighted by Crippen LogP contribution is -2.59. The number of carbonyl (C=O) groups excluding carboxylic acids is 6. The van der Waals surface area contributed by atoms with Gasteiger partial charge in [-0.1, -0.05) is 137 Å². The molecule has 8 amide bonds.